The number of rotatable bonds is 12. The fourth-order valence-corrected chi connectivity index (χ4v) is 6.36. The number of allylic oxidation sites excluding steroid dienone is 1. The molecule has 0 unspecified atom stereocenters. The number of hydrogen-bond acceptors (Lipinski definition) is 10. The third kappa shape index (κ3) is 9.46. The van der Waals surface area contributed by atoms with Gasteiger partial charge in [0.15, 0.2) is 5.82 Å². The average Bonchev–Trinajstić information content (AvgIpc) is 3.35. The molecule has 0 spiro atoms. The predicted octanol–water partition coefficient (Wildman–Crippen LogP) is 6.63. The van der Waals surface area contributed by atoms with E-state index in [1.165, 1.54) is 17.3 Å². The van der Waals surface area contributed by atoms with E-state index in [-0.39, 0.29) is 34.9 Å². The minimum Gasteiger partial charge on any atom is -0.469 e. The predicted molar refractivity (Wildman–Crippen MR) is 178 cm³/mol. The number of nitrogens with zero attached hydrogens (tertiary/aromatic N) is 3. The third-order valence-corrected chi connectivity index (χ3v) is 9.25. The number of pyridine rings is 1. The Morgan fingerprint density at radius 2 is 2.00 bits per heavy atom. The van der Waals surface area contributed by atoms with Crippen molar-refractivity contribution < 1.29 is 23.7 Å². The topological polar surface area (TPSA) is 128 Å². The van der Waals surface area contributed by atoms with E-state index in [9.17, 15) is 19.7 Å². The first-order chi connectivity index (χ1) is 22.0. The molecule has 0 amide bonds. The Morgan fingerprint density at radius 3 is 2.61 bits per heavy atom. The van der Waals surface area contributed by atoms with Crippen molar-refractivity contribution in [2.75, 3.05) is 19.3 Å². The summed E-state index contributed by atoms with van der Waals surface area (Å²) in [6, 6.07) is 15.6. The van der Waals surface area contributed by atoms with Crippen molar-refractivity contribution >= 4 is 34.4 Å². The zero-order chi connectivity index (χ0) is 33.3. The van der Waals surface area contributed by atoms with E-state index in [0.29, 0.717) is 30.5 Å². The van der Waals surface area contributed by atoms with Gasteiger partial charge in [-0.15, -0.1) is 0 Å². The summed E-state index contributed by atoms with van der Waals surface area (Å²) in [5, 5.41) is 13.9. The first-order valence-electron chi connectivity index (χ1n) is 15.0. The van der Waals surface area contributed by atoms with Gasteiger partial charge in [-0.2, -0.15) is 0 Å². The second-order valence-electron chi connectivity index (χ2n) is 11.6. The highest BCUT2D eigenvalue weighted by Crippen LogP contribution is 2.60. The van der Waals surface area contributed by atoms with Gasteiger partial charge in [0.1, 0.15) is 17.5 Å². The van der Waals surface area contributed by atoms with Gasteiger partial charge in [0.25, 0.3) is 6.20 Å². The lowest BCUT2D eigenvalue weighted by molar-refractivity contribution is -0.404. The highest BCUT2D eigenvalue weighted by atomic mass is 35.5. The summed E-state index contributed by atoms with van der Waals surface area (Å²) < 4.78 is 11.2. The first kappa shape index (κ1) is 34.8. The van der Waals surface area contributed by atoms with E-state index in [4.69, 9.17) is 20.8 Å². The van der Waals surface area contributed by atoms with Crippen molar-refractivity contribution in [2.45, 2.75) is 46.8 Å². The van der Waals surface area contributed by atoms with Crippen LogP contribution in [0.25, 0.3) is 0 Å². The fourth-order valence-electron chi connectivity index (χ4n) is 5.38. The Morgan fingerprint density at radius 1 is 1.24 bits per heavy atom. The smallest absolute Gasteiger partial charge is 0.310 e. The number of carbonyl (C=O) groups is 2. The number of carbonyl (C=O) groups excluding carboxylic acids is 2. The standard InChI is InChI=1S/C23H24O4S.C11H15ClN4O2/c1-23(2)19(12-17-8-9-28-22(17)25)20(23)21(24)27-14-16-11-18(26-13-16)10-15-6-4-3-5-7-15;1-3-15(11(13-2)8-16(17)18)7-9-4-5-10(12)14-6-9/h3-7,11-13,19-20H,8-10,14H2,1-2H3;4-6,8,13H,3,7H2,1-2H3/b17-12+;11-8+/t19-,20-;/m1./s1. The molecule has 5 rings (SSSR count). The molecule has 2 aromatic heterocycles. The van der Waals surface area contributed by atoms with Crippen molar-refractivity contribution in [2.24, 2.45) is 17.3 Å². The van der Waals surface area contributed by atoms with Crippen molar-refractivity contribution in [3.8, 4) is 0 Å². The van der Waals surface area contributed by atoms with Crippen LogP contribution >= 0.6 is 23.4 Å². The summed E-state index contributed by atoms with van der Waals surface area (Å²) in [6.45, 7) is 7.42. The lowest BCUT2D eigenvalue weighted by Crippen LogP contribution is -2.30. The zero-order valence-electron chi connectivity index (χ0n) is 26.4. The summed E-state index contributed by atoms with van der Waals surface area (Å²) in [5.74, 6) is 1.85. The fraction of sp³-hybridized carbons (Fsp3) is 0.382. The van der Waals surface area contributed by atoms with Gasteiger partial charge in [-0.1, -0.05) is 79.7 Å². The number of thioether (sulfide) groups is 1. The van der Waals surface area contributed by atoms with Gasteiger partial charge in [0, 0.05) is 49.6 Å². The first-order valence-corrected chi connectivity index (χ1v) is 16.4. The van der Waals surface area contributed by atoms with Crippen LogP contribution < -0.4 is 5.32 Å². The number of aromatic nitrogens is 1. The number of ether oxygens (including phenoxy) is 1. The van der Waals surface area contributed by atoms with Crippen molar-refractivity contribution in [3.05, 3.63) is 122 Å². The molecule has 2 fully saturated rings. The average molecular weight is 667 g/mol. The summed E-state index contributed by atoms with van der Waals surface area (Å²) >= 11 is 7.06. The van der Waals surface area contributed by atoms with Gasteiger partial charge in [-0.05, 0) is 47.9 Å². The summed E-state index contributed by atoms with van der Waals surface area (Å²) in [6.07, 6.45) is 7.78. The Labute approximate surface area is 278 Å². The molecule has 1 aliphatic carbocycles. The Kier molecular flexibility index (Phi) is 12.1. The normalized spacial score (nSPS) is 19.3. The van der Waals surface area contributed by atoms with Gasteiger partial charge in [-0.25, -0.2) is 4.98 Å². The quantitative estimate of drug-likeness (QED) is 0.0740. The van der Waals surface area contributed by atoms with Gasteiger partial charge in [0.05, 0.1) is 17.1 Å². The maximum Gasteiger partial charge on any atom is 0.310 e. The highest BCUT2D eigenvalue weighted by Gasteiger charge is 2.61. The SMILES string of the molecule is CC1(C)[C@H](/C=C2\CCSC2=O)[C@@H]1C(=O)OCc1coc(Cc2ccccc2)c1.CCN(Cc1ccc(Cl)nc1)/C(=C/[N+](=O)[O-])NC. The molecule has 0 bridgehead atoms. The summed E-state index contributed by atoms with van der Waals surface area (Å²) in [5.41, 5.74) is 3.67. The number of hydrogen-bond donors (Lipinski definition) is 1. The molecule has 1 aromatic carbocycles. The molecular formula is C34H39ClN4O6S. The maximum absolute atomic E-state index is 12.6. The molecule has 244 valence electrons. The van der Waals surface area contributed by atoms with Crippen molar-refractivity contribution in [1.82, 2.24) is 15.2 Å². The van der Waals surface area contributed by atoms with Crippen LogP contribution in [0.15, 0.2) is 89.1 Å². The summed E-state index contributed by atoms with van der Waals surface area (Å²) in [4.78, 5) is 40.3. The van der Waals surface area contributed by atoms with Crippen LogP contribution in [0.4, 0.5) is 0 Å². The van der Waals surface area contributed by atoms with Crippen LogP contribution in [0.3, 0.4) is 0 Å². The molecule has 1 saturated heterocycles. The minimum absolute atomic E-state index is 0.0793. The molecule has 46 heavy (non-hydrogen) atoms. The molecule has 1 N–H and O–H groups in total. The Hall–Kier alpha value is -4.09. The molecular weight excluding hydrogens is 628 g/mol. The number of nitrogens with one attached hydrogen (secondary N) is 1. The Bertz CT molecular complexity index is 1570. The molecule has 1 saturated carbocycles. The molecule has 1 aliphatic heterocycles. The van der Waals surface area contributed by atoms with Crippen LogP contribution in [-0.4, -0.2) is 45.2 Å². The van der Waals surface area contributed by atoms with Crippen molar-refractivity contribution in [1.29, 1.82) is 0 Å². The second-order valence-corrected chi connectivity index (χ2v) is 13.1. The molecule has 0 radical (unpaired) electrons. The Balaban J connectivity index is 0.000000232. The molecule has 2 atom stereocenters. The molecule has 3 aromatic rings. The number of esters is 1. The largest absolute Gasteiger partial charge is 0.469 e. The molecule has 2 aliphatic rings. The minimum atomic E-state index is -0.478. The number of furan rings is 1. The van der Waals surface area contributed by atoms with Gasteiger partial charge < -0.3 is 19.4 Å². The van der Waals surface area contributed by atoms with Gasteiger partial charge in [0.2, 0.25) is 5.12 Å². The molecule has 10 nitrogen and oxygen atoms in total. The number of benzene rings is 1. The van der Waals surface area contributed by atoms with E-state index in [2.05, 4.69) is 36.3 Å². The number of halogens is 1. The number of nitro groups is 1. The van der Waals surface area contributed by atoms with Crippen LogP contribution in [0.2, 0.25) is 5.15 Å². The second kappa shape index (κ2) is 16.0. The molecule has 3 heterocycles. The molecule has 12 heteroatoms. The van der Waals surface area contributed by atoms with E-state index < -0.39 is 4.92 Å². The van der Waals surface area contributed by atoms with Crippen LogP contribution in [0.1, 0.15) is 49.6 Å². The third-order valence-electron chi connectivity index (χ3n) is 8.09. The van der Waals surface area contributed by atoms with E-state index in [1.54, 1.807) is 25.6 Å². The van der Waals surface area contributed by atoms with E-state index in [0.717, 1.165) is 40.8 Å². The summed E-state index contributed by atoms with van der Waals surface area (Å²) in [7, 11) is 1.65. The monoisotopic (exact) mass is 666 g/mol. The zero-order valence-corrected chi connectivity index (χ0v) is 28.0. The van der Waals surface area contributed by atoms with E-state index in [1.807, 2.05) is 48.2 Å². The van der Waals surface area contributed by atoms with Crippen LogP contribution in [0, 0.1) is 27.4 Å². The van der Waals surface area contributed by atoms with E-state index >= 15 is 0 Å². The van der Waals surface area contributed by atoms with Gasteiger partial charge >= 0.3 is 5.97 Å². The van der Waals surface area contributed by atoms with Gasteiger partial charge in [-0.3, -0.25) is 19.7 Å². The maximum atomic E-state index is 12.6. The lowest BCUT2D eigenvalue weighted by atomic mass is 10.1. The van der Waals surface area contributed by atoms with Crippen LogP contribution in [0.5, 0.6) is 0 Å². The van der Waals surface area contributed by atoms with Crippen LogP contribution in [-0.2, 0) is 33.9 Å². The highest BCUT2D eigenvalue weighted by molar-refractivity contribution is 8.14. The van der Waals surface area contributed by atoms with Crippen molar-refractivity contribution in [3.63, 3.8) is 0 Å². The lowest BCUT2D eigenvalue weighted by Gasteiger charge is -2.23.